The van der Waals surface area contributed by atoms with Crippen molar-refractivity contribution in [3.8, 4) is 22.6 Å². The first-order valence-corrected chi connectivity index (χ1v) is 15.8. The average molecular weight is 599 g/mol. The summed E-state index contributed by atoms with van der Waals surface area (Å²) in [6, 6.07) is 12.2. The van der Waals surface area contributed by atoms with Gasteiger partial charge in [-0.1, -0.05) is 18.9 Å². The molecule has 0 radical (unpaired) electrons. The van der Waals surface area contributed by atoms with Gasteiger partial charge in [-0.15, -0.1) is 11.3 Å². The van der Waals surface area contributed by atoms with Crippen molar-refractivity contribution in [2.45, 2.75) is 63.9 Å². The molecule has 0 atom stereocenters. The fourth-order valence-corrected chi connectivity index (χ4v) is 7.69. The summed E-state index contributed by atoms with van der Waals surface area (Å²) in [5.74, 6) is -0.0650. The van der Waals surface area contributed by atoms with Crippen molar-refractivity contribution in [2.24, 2.45) is 0 Å². The summed E-state index contributed by atoms with van der Waals surface area (Å²) in [6.07, 6.45) is 2.93. The number of likely N-dealkylation sites (N-methyl/N-ethyl adjacent to an activating group) is 1. The van der Waals surface area contributed by atoms with Gasteiger partial charge in [0.1, 0.15) is 28.5 Å². The van der Waals surface area contributed by atoms with Crippen LogP contribution >= 0.6 is 11.3 Å². The molecule has 1 aliphatic heterocycles. The molecule has 2 heterocycles. The monoisotopic (exact) mass is 598 g/mol. The second-order valence-corrected chi connectivity index (χ2v) is 14.0. The zero-order chi connectivity index (χ0) is 29.5. The van der Waals surface area contributed by atoms with E-state index < -0.39 is 26.9 Å². The first-order valence-electron chi connectivity index (χ1n) is 13.5. The Morgan fingerprint density at radius 3 is 2.46 bits per heavy atom. The predicted octanol–water partition coefficient (Wildman–Crippen LogP) is 5.91. The van der Waals surface area contributed by atoms with E-state index in [4.69, 9.17) is 13.7 Å². The summed E-state index contributed by atoms with van der Waals surface area (Å²) in [5.41, 5.74) is 2.39. The van der Waals surface area contributed by atoms with Crippen LogP contribution in [0.15, 0.2) is 42.5 Å². The van der Waals surface area contributed by atoms with E-state index in [9.17, 15) is 18.0 Å². The third-order valence-corrected chi connectivity index (χ3v) is 10.3. The summed E-state index contributed by atoms with van der Waals surface area (Å²) >= 11 is 1.35. The molecule has 9 nitrogen and oxygen atoms in total. The van der Waals surface area contributed by atoms with E-state index in [0.29, 0.717) is 45.8 Å². The van der Waals surface area contributed by atoms with Gasteiger partial charge in [0.05, 0.1) is 23.7 Å². The number of anilines is 2. The first-order chi connectivity index (χ1) is 19.4. The first kappa shape index (κ1) is 28.9. The summed E-state index contributed by atoms with van der Waals surface area (Å²) in [6.45, 7) is 5.43. The highest BCUT2D eigenvalue weighted by molar-refractivity contribution is 7.87. The number of amides is 1. The maximum absolute atomic E-state index is 13.2. The second-order valence-electron chi connectivity index (χ2n) is 10.9. The lowest BCUT2D eigenvalue weighted by molar-refractivity contribution is -0.121. The van der Waals surface area contributed by atoms with Gasteiger partial charge < -0.3 is 23.9 Å². The predicted molar refractivity (Wildman–Crippen MR) is 160 cm³/mol. The van der Waals surface area contributed by atoms with E-state index in [0.717, 1.165) is 23.4 Å². The molecule has 3 aromatic rings. The van der Waals surface area contributed by atoms with Gasteiger partial charge in [-0.3, -0.25) is 4.79 Å². The number of carbonyl (C=O) groups excluding carboxylic acids is 2. The molecule has 0 bridgehead atoms. The van der Waals surface area contributed by atoms with Crippen LogP contribution in [0.3, 0.4) is 0 Å². The Bertz CT molecular complexity index is 1600. The Balaban J connectivity index is 1.55. The lowest BCUT2D eigenvalue weighted by Crippen LogP contribution is -2.52. The number of thiophene rings is 1. The van der Waals surface area contributed by atoms with Gasteiger partial charge in [0.25, 0.3) is 5.91 Å². The van der Waals surface area contributed by atoms with Gasteiger partial charge in [-0.05, 0) is 69.5 Å². The minimum absolute atomic E-state index is 0.106. The van der Waals surface area contributed by atoms with Gasteiger partial charge in [-0.25, -0.2) is 4.79 Å². The molecule has 0 spiro atoms. The number of nitrogens with zero attached hydrogens (tertiary/aromatic N) is 1. The highest BCUT2D eigenvalue weighted by atomic mass is 32.2. The highest BCUT2D eigenvalue weighted by Gasteiger charge is 2.39. The molecule has 1 fully saturated rings. The summed E-state index contributed by atoms with van der Waals surface area (Å²) in [7, 11) is -0.578. The molecule has 218 valence electrons. The van der Waals surface area contributed by atoms with Crippen molar-refractivity contribution in [1.82, 2.24) is 0 Å². The van der Waals surface area contributed by atoms with E-state index in [1.54, 1.807) is 36.2 Å². The maximum atomic E-state index is 13.2. The number of hydrogen-bond acceptors (Lipinski definition) is 9. The summed E-state index contributed by atoms with van der Waals surface area (Å²) in [5, 5.41) is 2.79. The van der Waals surface area contributed by atoms with Crippen LogP contribution in [0, 0.1) is 6.92 Å². The lowest BCUT2D eigenvalue weighted by Gasteiger charge is -2.39. The molecule has 41 heavy (non-hydrogen) atoms. The SMILES string of the molecule is COc1cc(OS(=O)(=O)C2CCCC2)ccc1-c1ccc2c(c1COC(=O)c1ccc(C)s1)N(C)C(=O)C(C)(C)N2. The Morgan fingerprint density at radius 1 is 1.10 bits per heavy atom. The Labute approximate surface area is 244 Å². The maximum Gasteiger partial charge on any atom is 0.348 e. The second kappa shape index (κ2) is 11.0. The number of hydrogen-bond donors (Lipinski definition) is 1. The number of esters is 1. The zero-order valence-electron chi connectivity index (χ0n) is 23.8. The largest absolute Gasteiger partial charge is 0.496 e. The minimum atomic E-state index is -3.77. The molecule has 5 rings (SSSR count). The third kappa shape index (κ3) is 5.65. The van der Waals surface area contributed by atoms with Crippen molar-refractivity contribution in [3.05, 3.63) is 57.8 Å². The molecule has 1 N–H and O–H groups in total. The minimum Gasteiger partial charge on any atom is -0.496 e. The van der Waals surface area contributed by atoms with Crippen molar-refractivity contribution in [3.63, 3.8) is 0 Å². The quantitative estimate of drug-likeness (QED) is 0.252. The molecule has 2 aromatic carbocycles. The van der Waals surface area contributed by atoms with Crippen LogP contribution in [-0.4, -0.2) is 45.2 Å². The van der Waals surface area contributed by atoms with Crippen LogP contribution in [0.5, 0.6) is 11.5 Å². The number of fused-ring (bicyclic) bond motifs is 1. The van der Waals surface area contributed by atoms with Crippen LogP contribution in [0.25, 0.3) is 11.1 Å². The number of benzene rings is 2. The Hall–Kier alpha value is -3.57. The van der Waals surface area contributed by atoms with Crippen LogP contribution < -0.4 is 19.1 Å². The smallest absolute Gasteiger partial charge is 0.348 e. The molecule has 1 aromatic heterocycles. The number of nitrogens with one attached hydrogen (secondary N) is 1. The Morgan fingerprint density at radius 2 is 1.80 bits per heavy atom. The van der Waals surface area contributed by atoms with Gasteiger partial charge in [0.2, 0.25) is 0 Å². The lowest BCUT2D eigenvalue weighted by atomic mass is 9.92. The molecule has 0 unspecified atom stereocenters. The standard InChI is InChI=1S/C30H34N2O7S2/c1-18-10-15-26(40-18)28(33)38-17-23-21(13-14-24-27(23)32(4)29(34)30(2,3)31-24)22-12-11-19(16-25(22)37-5)39-41(35,36)20-8-6-7-9-20/h10-16,20,31H,6-9,17H2,1-5H3. The number of rotatable bonds is 8. The molecule has 1 saturated carbocycles. The van der Waals surface area contributed by atoms with E-state index >= 15 is 0 Å². The molecule has 2 aliphatic rings. The van der Waals surface area contributed by atoms with E-state index in [2.05, 4.69) is 5.32 Å². The molecule has 1 aliphatic carbocycles. The fourth-order valence-electron chi connectivity index (χ4n) is 5.51. The average Bonchev–Trinajstić information content (AvgIpc) is 3.63. The van der Waals surface area contributed by atoms with E-state index in [1.807, 2.05) is 39.0 Å². The molecule has 11 heteroatoms. The van der Waals surface area contributed by atoms with Gasteiger partial charge in [-0.2, -0.15) is 8.42 Å². The van der Waals surface area contributed by atoms with Gasteiger partial charge >= 0.3 is 16.1 Å². The topological polar surface area (TPSA) is 111 Å². The highest BCUT2D eigenvalue weighted by Crippen LogP contribution is 2.45. The number of ether oxygens (including phenoxy) is 2. The van der Waals surface area contributed by atoms with Gasteiger partial charge in [0.15, 0.2) is 0 Å². The number of aryl methyl sites for hydroxylation is 1. The molecule has 1 amide bonds. The summed E-state index contributed by atoms with van der Waals surface area (Å²) in [4.78, 5) is 29.2. The number of carbonyl (C=O) groups is 2. The zero-order valence-corrected chi connectivity index (χ0v) is 25.4. The van der Waals surface area contributed by atoms with Crippen molar-refractivity contribution in [2.75, 3.05) is 24.4 Å². The van der Waals surface area contributed by atoms with Crippen LogP contribution in [-0.2, 0) is 26.3 Å². The number of methoxy groups -OCH3 is 1. The normalized spacial score (nSPS) is 16.7. The van der Waals surface area contributed by atoms with Crippen molar-refractivity contribution >= 4 is 44.7 Å². The van der Waals surface area contributed by atoms with Gasteiger partial charge in [0, 0.05) is 29.1 Å². The molecular formula is C30H34N2O7S2. The summed E-state index contributed by atoms with van der Waals surface area (Å²) < 4.78 is 42.5. The third-order valence-electron chi connectivity index (χ3n) is 7.58. The van der Waals surface area contributed by atoms with Crippen LogP contribution in [0.1, 0.15) is 59.6 Å². The van der Waals surface area contributed by atoms with Crippen molar-refractivity contribution < 1.29 is 31.7 Å². The van der Waals surface area contributed by atoms with E-state index in [-0.39, 0.29) is 18.3 Å². The Kier molecular flexibility index (Phi) is 7.78. The molecular weight excluding hydrogens is 564 g/mol. The van der Waals surface area contributed by atoms with Crippen LogP contribution in [0.4, 0.5) is 11.4 Å². The molecule has 0 saturated heterocycles. The fraction of sp³-hybridized carbons (Fsp3) is 0.400. The van der Waals surface area contributed by atoms with E-state index in [1.165, 1.54) is 18.4 Å². The van der Waals surface area contributed by atoms with Crippen molar-refractivity contribution in [1.29, 1.82) is 0 Å². The van der Waals surface area contributed by atoms with Crippen LogP contribution in [0.2, 0.25) is 0 Å².